The highest BCUT2D eigenvalue weighted by Gasteiger charge is 2.27. The number of halogens is 1. The second kappa shape index (κ2) is 18.6. The molecule has 14 nitrogen and oxygen atoms in total. The van der Waals surface area contributed by atoms with Crippen LogP contribution in [-0.2, 0) is 31.3 Å². The minimum absolute atomic E-state index is 0.147. The van der Waals surface area contributed by atoms with Crippen molar-refractivity contribution < 1.29 is 21.6 Å². The van der Waals surface area contributed by atoms with E-state index in [4.69, 9.17) is 11.6 Å². The van der Waals surface area contributed by atoms with Gasteiger partial charge in [-0.1, -0.05) is 35.9 Å². The second-order valence-corrected chi connectivity index (χ2v) is 18.3. The van der Waals surface area contributed by atoms with Crippen LogP contribution in [0.1, 0.15) is 60.6 Å². The average Bonchev–Trinajstić information content (AvgIpc) is 3.25. The summed E-state index contributed by atoms with van der Waals surface area (Å²) >= 11 is 6.15. The van der Waals surface area contributed by atoms with Crippen molar-refractivity contribution in [1.29, 1.82) is 0 Å². The van der Waals surface area contributed by atoms with Crippen LogP contribution in [0.4, 0.5) is 17.3 Å². The third-order valence-electron chi connectivity index (χ3n) is 10.7. The van der Waals surface area contributed by atoms with Gasteiger partial charge in [0.1, 0.15) is 24.3 Å². The lowest BCUT2D eigenvalue weighted by Gasteiger charge is -2.36. The normalized spacial score (nSPS) is 16.4. The number of nitrogens with zero attached hydrogens (tertiary/aromatic N) is 6. The Morgan fingerprint density at radius 3 is 1.76 bits per heavy atom. The molecular weight excluding hydrogens is 798 g/mol. The number of amides is 1. The number of benzene rings is 3. The largest absolute Gasteiger partial charge is 0.362 e. The number of anilines is 3. The van der Waals surface area contributed by atoms with Crippen molar-refractivity contribution in [3.63, 3.8) is 0 Å². The van der Waals surface area contributed by atoms with Crippen LogP contribution in [0.3, 0.4) is 0 Å². The van der Waals surface area contributed by atoms with E-state index in [0.29, 0.717) is 31.5 Å². The number of carbonyl (C=O) groups is 1. The Balaban J connectivity index is 0.000000199. The lowest BCUT2D eigenvalue weighted by molar-refractivity contribution is -0.130. The zero-order chi connectivity index (χ0) is 40.5. The van der Waals surface area contributed by atoms with E-state index < -0.39 is 20.0 Å². The minimum Gasteiger partial charge on any atom is -0.362 e. The number of aryl methyl sites for hydroxylation is 1. The fraction of sp³-hybridized carbons (Fsp3) is 0.341. The van der Waals surface area contributed by atoms with Crippen LogP contribution >= 0.6 is 11.6 Å². The van der Waals surface area contributed by atoms with Crippen LogP contribution in [0.5, 0.6) is 0 Å². The zero-order valence-corrected chi connectivity index (χ0v) is 34.3. The van der Waals surface area contributed by atoms with Gasteiger partial charge in [-0.3, -0.25) is 14.2 Å². The number of hydrogen-bond donors (Lipinski definition) is 3. The predicted molar refractivity (Wildman–Crippen MR) is 224 cm³/mol. The molecule has 3 N–H and O–H groups in total. The van der Waals surface area contributed by atoms with E-state index in [0.717, 1.165) is 74.4 Å². The summed E-state index contributed by atoms with van der Waals surface area (Å²) in [6, 6.07) is 23.0. The van der Waals surface area contributed by atoms with Crippen LogP contribution < -0.4 is 19.7 Å². The van der Waals surface area contributed by atoms with E-state index in [2.05, 4.69) is 39.6 Å². The van der Waals surface area contributed by atoms with Gasteiger partial charge in [0.2, 0.25) is 5.91 Å². The molecule has 3 aliphatic heterocycles. The lowest BCUT2D eigenvalue weighted by atomic mass is 9.89. The van der Waals surface area contributed by atoms with Gasteiger partial charge in [0, 0.05) is 42.7 Å². The number of piperidine rings is 2. The van der Waals surface area contributed by atoms with Crippen molar-refractivity contribution in [3.8, 4) is 0 Å². The van der Waals surface area contributed by atoms with E-state index in [1.165, 1.54) is 48.3 Å². The van der Waals surface area contributed by atoms with E-state index >= 15 is 0 Å². The highest BCUT2D eigenvalue weighted by Crippen LogP contribution is 2.32. The number of aromatic nitrogens is 4. The van der Waals surface area contributed by atoms with E-state index in [1.807, 2.05) is 47.4 Å². The number of nitrogens with one attached hydrogen (secondary N) is 3. The summed E-state index contributed by atoms with van der Waals surface area (Å²) in [5, 5.41) is 4.06. The first kappa shape index (κ1) is 41.0. The Bertz CT molecular complexity index is 2360. The molecular formula is C41H46ClN9O5S2. The highest BCUT2D eigenvalue weighted by molar-refractivity contribution is 7.93. The number of carbonyl (C=O) groups excluding carboxylic acids is 1. The van der Waals surface area contributed by atoms with Crippen molar-refractivity contribution >= 4 is 54.9 Å². The van der Waals surface area contributed by atoms with Crippen molar-refractivity contribution in [1.82, 2.24) is 30.2 Å². The Hall–Kier alpha value is -5.16. The summed E-state index contributed by atoms with van der Waals surface area (Å²) in [5.74, 6) is 1.43. The molecule has 0 saturated carbocycles. The van der Waals surface area contributed by atoms with Crippen LogP contribution in [0, 0.1) is 0 Å². The molecule has 304 valence electrons. The second-order valence-electron chi connectivity index (χ2n) is 14.5. The van der Waals surface area contributed by atoms with E-state index in [9.17, 15) is 21.6 Å². The Labute approximate surface area is 344 Å². The molecule has 17 heteroatoms. The minimum atomic E-state index is -3.72. The van der Waals surface area contributed by atoms with Gasteiger partial charge in [0.05, 0.1) is 16.3 Å². The molecule has 3 aliphatic rings. The molecule has 5 heterocycles. The molecule has 0 atom stereocenters. The molecule has 0 radical (unpaired) electrons. The van der Waals surface area contributed by atoms with Gasteiger partial charge in [-0.2, -0.15) is 0 Å². The Morgan fingerprint density at radius 2 is 1.24 bits per heavy atom. The number of likely N-dealkylation sites (tertiary alicyclic amines) is 1. The van der Waals surface area contributed by atoms with Crippen LogP contribution in [0.25, 0.3) is 0 Å². The molecule has 58 heavy (non-hydrogen) atoms. The lowest BCUT2D eigenvalue weighted by Crippen LogP contribution is -2.45. The first-order chi connectivity index (χ1) is 28.0. The summed E-state index contributed by atoms with van der Waals surface area (Å²) in [4.78, 5) is 32.9. The molecule has 1 amide bonds. The predicted octanol–water partition coefficient (Wildman–Crippen LogP) is 5.83. The standard InChI is InChI=1S/C26H28ClN5O3S.C15H18N4O2S/c27-22-5-8-24-21(16-22)2-1-13-32(24)17-26(33)31-14-10-20(11-15-31)19-3-6-23(7-4-19)36(34,35)30-25-9-12-28-18-29-25;20-22(21,19-15-7-10-17-11-18-15)14-3-1-12(2-4-14)13-5-8-16-9-6-13/h3-9,12,16,18,20H,1-2,10-11,13-15,17H2,(H,28,29,30);1-4,7,10-11,13,16H,5-6,8-9H2,(H,17,18,19). The van der Waals surface area contributed by atoms with E-state index in [1.54, 1.807) is 24.3 Å². The summed E-state index contributed by atoms with van der Waals surface area (Å²) in [7, 11) is -7.34. The summed E-state index contributed by atoms with van der Waals surface area (Å²) in [6.07, 6.45) is 11.4. The monoisotopic (exact) mass is 843 g/mol. The third kappa shape index (κ3) is 10.5. The third-order valence-corrected chi connectivity index (χ3v) is 13.7. The molecule has 0 spiro atoms. The molecule has 0 unspecified atom stereocenters. The van der Waals surface area contributed by atoms with E-state index in [-0.39, 0.29) is 27.3 Å². The molecule has 3 aromatic carbocycles. The summed E-state index contributed by atoms with van der Waals surface area (Å²) < 4.78 is 54.8. The van der Waals surface area contributed by atoms with Crippen molar-refractivity contribution in [2.45, 2.75) is 60.2 Å². The fourth-order valence-electron chi connectivity index (χ4n) is 7.62. The van der Waals surface area contributed by atoms with Gasteiger partial charge in [0.15, 0.2) is 0 Å². The molecule has 2 fully saturated rings. The first-order valence-corrected chi connectivity index (χ1v) is 22.7. The van der Waals surface area contributed by atoms with Crippen LogP contribution in [-0.4, -0.2) is 86.8 Å². The average molecular weight is 844 g/mol. The number of fused-ring (bicyclic) bond motifs is 1. The SMILES string of the molecule is O=C(CN1CCCc2cc(Cl)ccc21)N1CCC(c2ccc(S(=O)(=O)Nc3ccncn3)cc2)CC1.O=S(=O)(Nc1ccncn1)c1ccc(C2CCNCC2)cc1. The quantitative estimate of drug-likeness (QED) is 0.154. The number of hydrogen-bond acceptors (Lipinski definition) is 11. The molecule has 2 saturated heterocycles. The zero-order valence-electron chi connectivity index (χ0n) is 31.9. The van der Waals surface area contributed by atoms with Crippen LogP contribution in [0.2, 0.25) is 5.02 Å². The van der Waals surface area contributed by atoms with Crippen molar-refractivity contribution in [3.05, 3.63) is 126 Å². The summed E-state index contributed by atoms with van der Waals surface area (Å²) in [6.45, 7) is 4.67. The van der Waals surface area contributed by atoms with Crippen molar-refractivity contribution in [2.75, 3.05) is 53.6 Å². The highest BCUT2D eigenvalue weighted by atomic mass is 35.5. The number of rotatable bonds is 10. The fourth-order valence-corrected chi connectivity index (χ4v) is 9.83. The Kier molecular flexibility index (Phi) is 13.2. The van der Waals surface area contributed by atoms with Gasteiger partial charge in [0.25, 0.3) is 20.0 Å². The smallest absolute Gasteiger partial charge is 0.263 e. The maximum Gasteiger partial charge on any atom is 0.263 e. The number of sulfonamides is 2. The van der Waals surface area contributed by atoms with Crippen molar-refractivity contribution in [2.24, 2.45) is 0 Å². The van der Waals surface area contributed by atoms with Gasteiger partial charge in [-0.05, 0) is 135 Å². The molecule has 8 rings (SSSR count). The molecule has 0 bridgehead atoms. The van der Waals surface area contributed by atoms with Gasteiger partial charge in [-0.25, -0.2) is 36.8 Å². The maximum atomic E-state index is 13.1. The van der Waals surface area contributed by atoms with Gasteiger partial charge < -0.3 is 15.1 Å². The van der Waals surface area contributed by atoms with Gasteiger partial charge in [-0.15, -0.1) is 0 Å². The molecule has 5 aromatic rings. The summed E-state index contributed by atoms with van der Waals surface area (Å²) in [5.41, 5.74) is 4.60. The first-order valence-electron chi connectivity index (χ1n) is 19.3. The molecule has 2 aromatic heterocycles. The maximum absolute atomic E-state index is 13.1. The van der Waals surface area contributed by atoms with Crippen LogP contribution in [0.15, 0.2) is 114 Å². The Morgan fingerprint density at radius 1 is 0.707 bits per heavy atom. The van der Waals surface area contributed by atoms with Gasteiger partial charge >= 0.3 is 0 Å². The molecule has 0 aliphatic carbocycles. The topological polar surface area (TPSA) is 179 Å².